The molecule has 0 saturated carbocycles. The maximum atomic E-state index is 6.19. The van der Waals surface area contributed by atoms with Crippen LogP contribution in [0.15, 0.2) is 30.3 Å². The molecule has 2 heteroatoms. The van der Waals surface area contributed by atoms with Gasteiger partial charge >= 0.3 is 0 Å². The second-order valence-corrected chi connectivity index (χ2v) is 4.81. The van der Waals surface area contributed by atoms with Crippen molar-refractivity contribution in [2.45, 2.75) is 31.7 Å². The van der Waals surface area contributed by atoms with Gasteiger partial charge in [0.15, 0.2) is 0 Å². The van der Waals surface area contributed by atoms with Crippen LogP contribution in [0.1, 0.15) is 24.8 Å². The first kappa shape index (κ1) is 11.6. The third kappa shape index (κ3) is 3.62. The fourth-order valence-corrected chi connectivity index (χ4v) is 2.46. The molecule has 1 aliphatic heterocycles. The average Bonchev–Trinajstić information content (AvgIpc) is 2.31. The first-order valence-corrected chi connectivity index (χ1v) is 6.36. The number of hydrogen-bond donors (Lipinski definition) is 1. The Morgan fingerprint density at radius 1 is 1.06 bits per heavy atom. The van der Waals surface area contributed by atoms with Crippen molar-refractivity contribution in [2.24, 2.45) is 5.73 Å². The standard InChI is InChI=1S/C14H22N2/c15-14(11-13-7-3-1-4-8-13)12-16-9-5-2-6-10-16/h1,3-4,7-8,14H,2,5-6,9-12,15H2/t14-/m1/s1. The highest BCUT2D eigenvalue weighted by Gasteiger charge is 2.13. The van der Waals surface area contributed by atoms with E-state index < -0.39 is 0 Å². The smallest absolute Gasteiger partial charge is 0.0208 e. The summed E-state index contributed by atoms with van der Waals surface area (Å²) in [6, 6.07) is 10.8. The van der Waals surface area contributed by atoms with Crippen LogP contribution in [0, 0.1) is 0 Å². The van der Waals surface area contributed by atoms with E-state index in [0.717, 1.165) is 13.0 Å². The molecule has 0 unspecified atom stereocenters. The van der Waals surface area contributed by atoms with Gasteiger partial charge in [-0.25, -0.2) is 0 Å². The summed E-state index contributed by atoms with van der Waals surface area (Å²) in [5.41, 5.74) is 7.55. The van der Waals surface area contributed by atoms with E-state index in [0.29, 0.717) is 0 Å². The molecule has 1 aromatic carbocycles. The van der Waals surface area contributed by atoms with Crippen molar-refractivity contribution in [1.29, 1.82) is 0 Å². The maximum absolute atomic E-state index is 6.19. The number of hydrogen-bond acceptors (Lipinski definition) is 2. The van der Waals surface area contributed by atoms with E-state index in [9.17, 15) is 0 Å². The third-order valence-electron chi connectivity index (χ3n) is 3.28. The van der Waals surface area contributed by atoms with E-state index in [4.69, 9.17) is 5.73 Å². The average molecular weight is 218 g/mol. The molecule has 0 spiro atoms. The van der Waals surface area contributed by atoms with Gasteiger partial charge in [0.1, 0.15) is 0 Å². The lowest BCUT2D eigenvalue weighted by Gasteiger charge is -2.29. The summed E-state index contributed by atoms with van der Waals surface area (Å²) < 4.78 is 0. The minimum Gasteiger partial charge on any atom is -0.326 e. The van der Waals surface area contributed by atoms with Gasteiger partial charge < -0.3 is 10.6 Å². The van der Waals surface area contributed by atoms with Crippen LogP contribution < -0.4 is 5.73 Å². The van der Waals surface area contributed by atoms with E-state index in [-0.39, 0.29) is 6.04 Å². The number of benzene rings is 1. The first-order chi connectivity index (χ1) is 7.84. The molecule has 0 amide bonds. The maximum Gasteiger partial charge on any atom is 0.0208 e. The summed E-state index contributed by atoms with van der Waals surface area (Å²) in [5.74, 6) is 0. The minimum atomic E-state index is 0.278. The van der Waals surface area contributed by atoms with Gasteiger partial charge in [-0.05, 0) is 37.9 Å². The molecule has 0 aliphatic carbocycles. The minimum absolute atomic E-state index is 0.278. The number of piperidine rings is 1. The largest absolute Gasteiger partial charge is 0.326 e. The van der Waals surface area contributed by atoms with Crippen molar-refractivity contribution in [2.75, 3.05) is 19.6 Å². The molecular formula is C14H22N2. The van der Waals surface area contributed by atoms with Crippen LogP contribution in [0.3, 0.4) is 0 Å². The molecule has 2 rings (SSSR count). The number of rotatable bonds is 4. The van der Waals surface area contributed by atoms with Crippen LogP contribution >= 0.6 is 0 Å². The lowest BCUT2D eigenvalue weighted by atomic mass is 10.0. The van der Waals surface area contributed by atoms with Gasteiger partial charge in [-0.15, -0.1) is 0 Å². The Kier molecular flexibility index (Phi) is 4.37. The van der Waals surface area contributed by atoms with Gasteiger partial charge in [-0.3, -0.25) is 0 Å². The molecule has 2 N–H and O–H groups in total. The van der Waals surface area contributed by atoms with Gasteiger partial charge in [-0.2, -0.15) is 0 Å². The summed E-state index contributed by atoms with van der Waals surface area (Å²) in [5, 5.41) is 0. The van der Waals surface area contributed by atoms with Gasteiger partial charge in [0.25, 0.3) is 0 Å². The summed E-state index contributed by atoms with van der Waals surface area (Å²) in [6.45, 7) is 3.53. The summed E-state index contributed by atoms with van der Waals surface area (Å²) in [7, 11) is 0. The number of nitrogens with two attached hydrogens (primary N) is 1. The van der Waals surface area contributed by atoms with Gasteiger partial charge in [0, 0.05) is 12.6 Å². The molecule has 1 heterocycles. The summed E-state index contributed by atoms with van der Waals surface area (Å²) in [4.78, 5) is 2.51. The van der Waals surface area contributed by atoms with Gasteiger partial charge in [-0.1, -0.05) is 36.8 Å². The molecule has 1 fully saturated rings. The zero-order valence-electron chi connectivity index (χ0n) is 9.94. The quantitative estimate of drug-likeness (QED) is 0.838. The molecule has 0 radical (unpaired) electrons. The molecule has 2 nitrogen and oxygen atoms in total. The highest BCUT2D eigenvalue weighted by atomic mass is 15.1. The Morgan fingerprint density at radius 2 is 1.75 bits per heavy atom. The summed E-state index contributed by atoms with van der Waals surface area (Å²) in [6.07, 6.45) is 5.08. The van der Waals surface area contributed by atoms with Crippen LogP contribution in [0.5, 0.6) is 0 Å². The topological polar surface area (TPSA) is 29.3 Å². The van der Waals surface area contributed by atoms with Crippen LogP contribution in [0.2, 0.25) is 0 Å². The molecule has 0 aromatic heterocycles. The molecule has 1 aromatic rings. The molecule has 0 bridgehead atoms. The SMILES string of the molecule is N[C@H](Cc1ccccc1)CN1CCCCC1. The van der Waals surface area contributed by atoms with Crippen LogP contribution in [-0.2, 0) is 6.42 Å². The van der Waals surface area contributed by atoms with Crippen molar-refractivity contribution in [1.82, 2.24) is 4.90 Å². The van der Waals surface area contributed by atoms with Crippen molar-refractivity contribution in [3.8, 4) is 0 Å². The number of likely N-dealkylation sites (tertiary alicyclic amines) is 1. The van der Waals surface area contributed by atoms with Crippen LogP contribution in [-0.4, -0.2) is 30.6 Å². The van der Waals surface area contributed by atoms with E-state index >= 15 is 0 Å². The van der Waals surface area contributed by atoms with Crippen LogP contribution in [0.25, 0.3) is 0 Å². The van der Waals surface area contributed by atoms with Crippen LogP contribution in [0.4, 0.5) is 0 Å². The normalized spacial score (nSPS) is 19.6. The van der Waals surface area contributed by atoms with Gasteiger partial charge in [0.05, 0.1) is 0 Å². The molecular weight excluding hydrogens is 196 g/mol. The Balaban J connectivity index is 1.77. The summed E-state index contributed by atoms with van der Waals surface area (Å²) >= 11 is 0. The lowest BCUT2D eigenvalue weighted by Crippen LogP contribution is -2.41. The monoisotopic (exact) mass is 218 g/mol. The molecule has 16 heavy (non-hydrogen) atoms. The predicted molar refractivity (Wildman–Crippen MR) is 68.4 cm³/mol. The van der Waals surface area contributed by atoms with Crippen molar-refractivity contribution >= 4 is 0 Å². The Morgan fingerprint density at radius 3 is 2.44 bits per heavy atom. The highest BCUT2D eigenvalue weighted by molar-refractivity contribution is 5.15. The fourth-order valence-electron chi connectivity index (χ4n) is 2.46. The zero-order chi connectivity index (χ0) is 11.2. The molecule has 1 saturated heterocycles. The van der Waals surface area contributed by atoms with E-state index in [1.165, 1.54) is 37.9 Å². The lowest BCUT2D eigenvalue weighted by molar-refractivity contribution is 0.215. The van der Waals surface area contributed by atoms with Crippen molar-refractivity contribution in [3.63, 3.8) is 0 Å². The van der Waals surface area contributed by atoms with Gasteiger partial charge in [0.2, 0.25) is 0 Å². The predicted octanol–water partition coefficient (Wildman–Crippen LogP) is 2.04. The highest BCUT2D eigenvalue weighted by Crippen LogP contribution is 2.10. The Labute approximate surface area is 98.4 Å². The van der Waals surface area contributed by atoms with E-state index in [1.54, 1.807) is 0 Å². The Bertz CT molecular complexity index is 291. The second kappa shape index (κ2) is 6.02. The number of nitrogens with zero attached hydrogens (tertiary/aromatic N) is 1. The van der Waals surface area contributed by atoms with Crippen molar-refractivity contribution in [3.05, 3.63) is 35.9 Å². The van der Waals surface area contributed by atoms with E-state index in [2.05, 4.69) is 35.2 Å². The molecule has 88 valence electrons. The second-order valence-electron chi connectivity index (χ2n) is 4.81. The van der Waals surface area contributed by atoms with E-state index in [1.807, 2.05) is 0 Å². The third-order valence-corrected chi connectivity index (χ3v) is 3.28. The zero-order valence-corrected chi connectivity index (χ0v) is 9.94. The molecule has 1 aliphatic rings. The van der Waals surface area contributed by atoms with Crippen molar-refractivity contribution < 1.29 is 0 Å². The fraction of sp³-hybridized carbons (Fsp3) is 0.571. The Hall–Kier alpha value is -0.860. The first-order valence-electron chi connectivity index (χ1n) is 6.36. The molecule has 1 atom stereocenters.